The molecule has 1 heterocycles. The Morgan fingerprint density at radius 1 is 1.53 bits per heavy atom. The van der Waals surface area contributed by atoms with Gasteiger partial charge in [0.05, 0.1) is 18.6 Å². The molecule has 0 N–H and O–H groups in total. The Labute approximate surface area is 104 Å². The molecule has 0 amide bonds. The first-order chi connectivity index (χ1) is 8.04. The van der Waals surface area contributed by atoms with Crippen LogP contribution in [-0.4, -0.2) is 25.8 Å². The Morgan fingerprint density at radius 3 is 2.71 bits per heavy atom. The number of rotatable bonds is 5. The molecule has 1 aliphatic heterocycles. The lowest BCUT2D eigenvalue weighted by atomic mass is 9.92. The van der Waals surface area contributed by atoms with Crippen molar-refractivity contribution < 1.29 is 14.3 Å². The summed E-state index contributed by atoms with van der Waals surface area (Å²) in [6, 6.07) is 0. The molecule has 0 aromatic heterocycles. The van der Waals surface area contributed by atoms with Crippen LogP contribution in [0.5, 0.6) is 0 Å². The van der Waals surface area contributed by atoms with Crippen LogP contribution in [-0.2, 0) is 14.3 Å². The lowest BCUT2D eigenvalue weighted by Gasteiger charge is -2.19. The van der Waals surface area contributed by atoms with Gasteiger partial charge >= 0.3 is 5.97 Å². The number of hydrogen-bond acceptors (Lipinski definition) is 3. The van der Waals surface area contributed by atoms with Crippen molar-refractivity contribution in [3.8, 4) is 0 Å². The number of ether oxygens (including phenoxy) is 2. The Kier molecular flexibility index (Phi) is 3.76. The van der Waals surface area contributed by atoms with E-state index < -0.39 is 0 Å². The normalized spacial score (nSPS) is 36.2. The van der Waals surface area contributed by atoms with E-state index >= 15 is 0 Å². The minimum Gasteiger partial charge on any atom is -0.465 e. The van der Waals surface area contributed by atoms with Crippen molar-refractivity contribution >= 4 is 5.97 Å². The van der Waals surface area contributed by atoms with E-state index in [1.165, 1.54) is 0 Å². The number of hydrogen-bond donors (Lipinski definition) is 0. The summed E-state index contributed by atoms with van der Waals surface area (Å²) in [5.74, 6) is 1.51. The van der Waals surface area contributed by atoms with Crippen molar-refractivity contribution in [2.75, 3.05) is 19.8 Å². The molecule has 17 heavy (non-hydrogen) atoms. The Morgan fingerprint density at radius 2 is 2.24 bits per heavy atom. The first-order valence-corrected chi connectivity index (χ1v) is 6.79. The van der Waals surface area contributed by atoms with Crippen LogP contribution in [0.25, 0.3) is 0 Å². The molecule has 3 unspecified atom stereocenters. The second-order valence-corrected chi connectivity index (χ2v) is 6.19. The first kappa shape index (κ1) is 12.9. The molecule has 98 valence electrons. The molecular formula is C14H24O3. The van der Waals surface area contributed by atoms with Gasteiger partial charge in [-0.1, -0.05) is 20.8 Å². The summed E-state index contributed by atoms with van der Waals surface area (Å²) in [4.78, 5) is 12.2. The van der Waals surface area contributed by atoms with E-state index in [0.29, 0.717) is 24.4 Å². The van der Waals surface area contributed by atoms with Crippen LogP contribution in [0.15, 0.2) is 0 Å². The second kappa shape index (κ2) is 4.97. The summed E-state index contributed by atoms with van der Waals surface area (Å²) in [7, 11) is 0. The predicted octanol–water partition coefficient (Wildman–Crippen LogP) is 2.64. The third-order valence-corrected chi connectivity index (χ3v) is 4.11. The van der Waals surface area contributed by atoms with Gasteiger partial charge in [-0.25, -0.2) is 0 Å². The molecule has 2 aliphatic rings. The van der Waals surface area contributed by atoms with E-state index in [-0.39, 0.29) is 11.4 Å². The zero-order valence-electron chi connectivity index (χ0n) is 11.2. The molecule has 1 saturated heterocycles. The van der Waals surface area contributed by atoms with Crippen LogP contribution in [0.2, 0.25) is 0 Å². The third kappa shape index (κ3) is 2.82. The van der Waals surface area contributed by atoms with Crippen molar-refractivity contribution in [2.45, 2.75) is 40.0 Å². The van der Waals surface area contributed by atoms with Gasteiger partial charge in [-0.3, -0.25) is 4.79 Å². The summed E-state index contributed by atoms with van der Waals surface area (Å²) in [6.45, 7) is 8.61. The Hall–Kier alpha value is -0.570. The zero-order valence-corrected chi connectivity index (χ0v) is 11.2. The SMILES string of the molecule is CC(C)CC1(C(=O)OCC2CCOC2)CC1C. The maximum Gasteiger partial charge on any atom is 0.312 e. The molecule has 0 spiro atoms. The molecule has 0 bridgehead atoms. The molecule has 0 aromatic rings. The highest BCUT2D eigenvalue weighted by atomic mass is 16.5. The van der Waals surface area contributed by atoms with Gasteiger partial charge in [-0.2, -0.15) is 0 Å². The summed E-state index contributed by atoms with van der Waals surface area (Å²) < 4.78 is 10.8. The van der Waals surface area contributed by atoms with Crippen molar-refractivity contribution in [1.82, 2.24) is 0 Å². The molecule has 1 saturated carbocycles. The fraction of sp³-hybridized carbons (Fsp3) is 0.929. The highest BCUT2D eigenvalue weighted by Crippen LogP contribution is 2.57. The van der Waals surface area contributed by atoms with Crippen LogP contribution < -0.4 is 0 Å². The summed E-state index contributed by atoms with van der Waals surface area (Å²) in [5, 5.41) is 0. The van der Waals surface area contributed by atoms with Gasteiger partial charge in [-0.05, 0) is 31.1 Å². The molecule has 3 heteroatoms. The second-order valence-electron chi connectivity index (χ2n) is 6.19. The number of carbonyl (C=O) groups excluding carboxylic acids is 1. The first-order valence-electron chi connectivity index (χ1n) is 6.79. The molecule has 2 fully saturated rings. The average Bonchev–Trinajstić information content (AvgIpc) is 2.73. The monoisotopic (exact) mass is 240 g/mol. The minimum absolute atomic E-state index is 0.0330. The minimum atomic E-state index is -0.159. The van der Waals surface area contributed by atoms with Gasteiger partial charge in [0.2, 0.25) is 0 Å². The molecule has 3 nitrogen and oxygen atoms in total. The smallest absolute Gasteiger partial charge is 0.312 e. The van der Waals surface area contributed by atoms with Crippen LogP contribution in [0.3, 0.4) is 0 Å². The van der Waals surface area contributed by atoms with E-state index in [2.05, 4.69) is 20.8 Å². The Bertz CT molecular complexity index is 281. The maximum atomic E-state index is 12.2. The van der Waals surface area contributed by atoms with E-state index in [4.69, 9.17) is 9.47 Å². The summed E-state index contributed by atoms with van der Waals surface area (Å²) in [5.41, 5.74) is -0.159. The van der Waals surface area contributed by atoms with E-state index in [1.54, 1.807) is 0 Å². The van der Waals surface area contributed by atoms with Crippen molar-refractivity contribution in [3.05, 3.63) is 0 Å². The molecule has 1 aliphatic carbocycles. The van der Waals surface area contributed by atoms with Crippen LogP contribution in [0.1, 0.15) is 40.0 Å². The van der Waals surface area contributed by atoms with E-state index in [1.807, 2.05) is 0 Å². The van der Waals surface area contributed by atoms with Crippen molar-refractivity contribution in [1.29, 1.82) is 0 Å². The van der Waals surface area contributed by atoms with Gasteiger partial charge in [0, 0.05) is 12.5 Å². The van der Waals surface area contributed by atoms with Crippen LogP contribution in [0, 0.1) is 23.2 Å². The highest BCUT2D eigenvalue weighted by Gasteiger charge is 2.58. The topological polar surface area (TPSA) is 35.5 Å². The zero-order chi connectivity index (χ0) is 12.5. The van der Waals surface area contributed by atoms with Gasteiger partial charge in [0.1, 0.15) is 0 Å². The molecule has 3 atom stereocenters. The predicted molar refractivity (Wildman–Crippen MR) is 65.6 cm³/mol. The average molecular weight is 240 g/mol. The van der Waals surface area contributed by atoms with Crippen molar-refractivity contribution in [3.63, 3.8) is 0 Å². The van der Waals surface area contributed by atoms with Gasteiger partial charge in [-0.15, -0.1) is 0 Å². The van der Waals surface area contributed by atoms with E-state index in [9.17, 15) is 4.79 Å². The lowest BCUT2D eigenvalue weighted by Crippen LogP contribution is -2.25. The standard InChI is InChI=1S/C14H24O3/c1-10(2)6-14(7-11(14)3)13(15)17-9-12-4-5-16-8-12/h10-12H,4-9H2,1-3H3. The molecule has 2 rings (SSSR count). The van der Waals surface area contributed by atoms with Crippen molar-refractivity contribution in [2.24, 2.45) is 23.2 Å². The van der Waals surface area contributed by atoms with Crippen LogP contribution in [0.4, 0.5) is 0 Å². The number of esters is 1. The third-order valence-electron chi connectivity index (χ3n) is 4.11. The van der Waals surface area contributed by atoms with Crippen LogP contribution >= 0.6 is 0 Å². The molecular weight excluding hydrogens is 216 g/mol. The van der Waals surface area contributed by atoms with Gasteiger partial charge in [0.15, 0.2) is 0 Å². The maximum absolute atomic E-state index is 12.2. The lowest BCUT2D eigenvalue weighted by molar-refractivity contribution is -0.153. The fourth-order valence-electron chi connectivity index (χ4n) is 2.92. The highest BCUT2D eigenvalue weighted by molar-refractivity contribution is 5.80. The fourth-order valence-corrected chi connectivity index (χ4v) is 2.92. The van der Waals surface area contributed by atoms with Gasteiger partial charge < -0.3 is 9.47 Å². The molecule has 0 radical (unpaired) electrons. The summed E-state index contributed by atoms with van der Waals surface area (Å²) in [6.07, 6.45) is 3.00. The molecule has 0 aromatic carbocycles. The quantitative estimate of drug-likeness (QED) is 0.693. The Balaban J connectivity index is 1.81. The number of carbonyl (C=O) groups is 1. The van der Waals surface area contributed by atoms with E-state index in [0.717, 1.165) is 32.5 Å². The van der Waals surface area contributed by atoms with Gasteiger partial charge in [0.25, 0.3) is 0 Å². The summed E-state index contributed by atoms with van der Waals surface area (Å²) >= 11 is 0. The largest absolute Gasteiger partial charge is 0.465 e.